The lowest BCUT2D eigenvalue weighted by Crippen LogP contribution is -2.36. The number of aliphatic hydroxyl groups is 1. The second-order valence-corrected chi connectivity index (χ2v) is 4.34. The lowest BCUT2D eigenvalue weighted by molar-refractivity contribution is 0.0788. The molecule has 0 fully saturated rings. The minimum Gasteiger partial charge on any atom is -0.389 e. The Morgan fingerprint density at radius 1 is 1.42 bits per heavy atom. The molecule has 0 heterocycles. The Labute approximate surface area is 76.4 Å². The molecule has 0 bridgehead atoms. The normalized spacial score (nSPS) is 14.8. The Kier molecular flexibility index (Phi) is 5.51. The Hall–Kier alpha value is -0.0800. The molecule has 0 aromatic carbocycles. The van der Waals surface area contributed by atoms with Crippen molar-refractivity contribution in [3.8, 4) is 0 Å². The zero-order chi connectivity index (χ0) is 9.61. The standard InChI is InChI=1S/C10H23NO/c1-5-6-9(2)7-11-8-10(3,4)12/h9,11-12H,5-8H2,1-4H3/t9-/m0/s1. The monoisotopic (exact) mass is 173 g/mol. The first kappa shape index (κ1) is 11.9. The lowest BCUT2D eigenvalue weighted by Gasteiger charge is -2.19. The Morgan fingerprint density at radius 2 is 2.00 bits per heavy atom. The molecule has 0 aromatic heterocycles. The van der Waals surface area contributed by atoms with Gasteiger partial charge in [0, 0.05) is 6.54 Å². The van der Waals surface area contributed by atoms with Crippen molar-refractivity contribution < 1.29 is 5.11 Å². The predicted octanol–water partition coefficient (Wildman–Crippen LogP) is 1.78. The van der Waals surface area contributed by atoms with Crippen molar-refractivity contribution in [1.82, 2.24) is 5.32 Å². The topological polar surface area (TPSA) is 32.3 Å². The van der Waals surface area contributed by atoms with Gasteiger partial charge in [0.15, 0.2) is 0 Å². The van der Waals surface area contributed by atoms with Crippen LogP contribution in [0.15, 0.2) is 0 Å². The van der Waals surface area contributed by atoms with Gasteiger partial charge in [0.25, 0.3) is 0 Å². The van der Waals surface area contributed by atoms with Crippen LogP contribution in [0.2, 0.25) is 0 Å². The Bertz CT molecular complexity index is 107. The van der Waals surface area contributed by atoms with Gasteiger partial charge < -0.3 is 10.4 Å². The number of hydrogen-bond donors (Lipinski definition) is 2. The minimum absolute atomic E-state index is 0.577. The van der Waals surface area contributed by atoms with Crippen LogP contribution in [0.1, 0.15) is 40.5 Å². The quantitative estimate of drug-likeness (QED) is 0.642. The van der Waals surface area contributed by atoms with E-state index < -0.39 is 5.60 Å². The zero-order valence-electron chi connectivity index (χ0n) is 8.85. The molecule has 0 radical (unpaired) electrons. The molecule has 0 aliphatic rings. The van der Waals surface area contributed by atoms with Crippen molar-refractivity contribution in [2.75, 3.05) is 13.1 Å². The van der Waals surface area contributed by atoms with Crippen molar-refractivity contribution in [3.63, 3.8) is 0 Å². The van der Waals surface area contributed by atoms with Crippen LogP contribution in [0.25, 0.3) is 0 Å². The van der Waals surface area contributed by atoms with Gasteiger partial charge >= 0.3 is 0 Å². The highest BCUT2D eigenvalue weighted by Gasteiger charge is 2.11. The summed E-state index contributed by atoms with van der Waals surface area (Å²) in [5, 5.41) is 12.7. The van der Waals surface area contributed by atoms with Crippen LogP contribution in [-0.2, 0) is 0 Å². The molecule has 0 aliphatic carbocycles. The van der Waals surface area contributed by atoms with Gasteiger partial charge in [0.1, 0.15) is 0 Å². The second-order valence-electron chi connectivity index (χ2n) is 4.34. The smallest absolute Gasteiger partial charge is 0.0715 e. The van der Waals surface area contributed by atoms with E-state index in [0.29, 0.717) is 6.54 Å². The maximum Gasteiger partial charge on any atom is 0.0715 e. The molecule has 0 rings (SSSR count). The summed E-state index contributed by atoms with van der Waals surface area (Å²) in [4.78, 5) is 0. The van der Waals surface area contributed by atoms with Crippen LogP contribution in [0.4, 0.5) is 0 Å². The summed E-state index contributed by atoms with van der Waals surface area (Å²) in [6, 6.07) is 0. The van der Waals surface area contributed by atoms with E-state index in [1.807, 2.05) is 13.8 Å². The van der Waals surface area contributed by atoms with E-state index in [1.165, 1.54) is 12.8 Å². The summed E-state index contributed by atoms with van der Waals surface area (Å²) < 4.78 is 0. The summed E-state index contributed by atoms with van der Waals surface area (Å²) in [5.41, 5.74) is -0.577. The third-order valence-corrected chi connectivity index (χ3v) is 1.83. The van der Waals surface area contributed by atoms with Crippen LogP contribution in [0.5, 0.6) is 0 Å². The highest BCUT2D eigenvalue weighted by atomic mass is 16.3. The Morgan fingerprint density at radius 3 is 2.42 bits per heavy atom. The van der Waals surface area contributed by atoms with Gasteiger partial charge in [-0.1, -0.05) is 20.3 Å². The number of hydrogen-bond acceptors (Lipinski definition) is 2. The highest BCUT2D eigenvalue weighted by Crippen LogP contribution is 2.03. The molecule has 0 amide bonds. The van der Waals surface area contributed by atoms with Crippen LogP contribution in [0.3, 0.4) is 0 Å². The van der Waals surface area contributed by atoms with Gasteiger partial charge in [-0.25, -0.2) is 0 Å². The molecular weight excluding hydrogens is 150 g/mol. The molecular formula is C10H23NO. The average molecular weight is 173 g/mol. The molecule has 0 saturated heterocycles. The molecule has 74 valence electrons. The van der Waals surface area contributed by atoms with E-state index in [-0.39, 0.29) is 0 Å². The van der Waals surface area contributed by atoms with E-state index in [2.05, 4.69) is 19.2 Å². The fourth-order valence-corrected chi connectivity index (χ4v) is 1.22. The Balaban J connectivity index is 3.31. The fourth-order valence-electron chi connectivity index (χ4n) is 1.22. The first-order valence-corrected chi connectivity index (χ1v) is 4.89. The molecule has 2 N–H and O–H groups in total. The largest absolute Gasteiger partial charge is 0.389 e. The molecule has 0 aromatic rings. The van der Waals surface area contributed by atoms with Gasteiger partial charge in [0.05, 0.1) is 5.60 Å². The zero-order valence-corrected chi connectivity index (χ0v) is 8.85. The van der Waals surface area contributed by atoms with E-state index in [9.17, 15) is 5.11 Å². The van der Waals surface area contributed by atoms with Crippen LogP contribution in [0, 0.1) is 5.92 Å². The average Bonchev–Trinajstić information content (AvgIpc) is 1.84. The van der Waals surface area contributed by atoms with E-state index >= 15 is 0 Å². The number of nitrogens with one attached hydrogen (secondary N) is 1. The van der Waals surface area contributed by atoms with Gasteiger partial charge in [-0.3, -0.25) is 0 Å². The number of rotatable bonds is 6. The fraction of sp³-hybridized carbons (Fsp3) is 1.00. The molecule has 2 nitrogen and oxygen atoms in total. The van der Waals surface area contributed by atoms with Gasteiger partial charge in [-0.15, -0.1) is 0 Å². The minimum atomic E-state index is -0.577. The van der Waals surface area contributed by atoms with Crippen molar-refractivity contribution >= 4 is 0 Å². The maximum atomic E-state index is 9.40. The van der Waals surface area contributed by atoms with Gasteiger partial charge in [-0.05, 0) is 32.7 Å². The van der Waals surface area contributed by atoms with E-state index in [1.54, 1.807) is 0 Å². The summed E-state index contributed by atoms with van der Waals surface area (Å²) in [7, 11) is 0. The molecule has 0 saturated carbocycles. The summed E-state index contributed by atoms with van der Waals surface area (Å²) in [6.45, 7) is 9.78. The molecule has 12 heavy (non-hydrogen) atoms. The van der Waals surface area contributed by atoms with Crippen LogP contribution < -0.4 is 5.32 Å². The van der Waals surface area contributed by atoms with Crippen molar-refractivity contribution in [2.45, 2.75) is 46.1 Å². The van der Waals surface area contributed by atoms with Crippen molar-refractivity contribution in [2.24, 2.45) is 5.92 Å². The lowest BCUT2D eigenvalue weighted by atomic mass is 10.1. The maximum absolute atomic E-state index is 9.40. The molecule has 0 unspecified atom stereocenters. The van der Waals surface area contributed by atoms with Gasteiger partial charge in [0.2, 0.25) is 0 Å². The summed E-state index contributed by atoms with van der Waals surface area (Å²) in [5.74, 6) is 0.720. The second kappa shape index (κ2) is 5.55. The third kappa shape index (κ3) is 8.02. The molecule has 2 heteroatoms. The van der Waals surface area contributed by atoms with Crippen LogP contribution >= 0.6 is 0 Å². The molecule has 0 aliphatic heterocycles. The van der Waals surface area contributed by atoms with E-state index in [0.717, 1.165) is 12.5 Å². The van der Waals surface area contributed by atoms with Crippen molar-refractivity contribution in [1.29, 1.82) is 0 Å². The summed E-state index contributed by atoms with van der Waals surface area (Å²) >= 11 is 0. The molecule has 1 atom stereocenters. The third-order valence-electron chi connectivity index (χ3n) is 1.83. The van der Waals surface area contributed by atoms with Gasteiger partial charge in [-0.2, -0.15) is 0 Å². The molecule has 0 spiro atoms. The highest BCUT2D eigenvalue weighted by molar-refractivity contribution is 4.69. The first-order valence-electron chi connectivity index (χ1n) is 4.89. The predicted molar refractivity (Wildman–Crippen MR) is 53.2 cm³/mol. The summed E-state index contributed by atoms with van der Waals surface area (Å²) in [6.07, 6.45) is 2.50. The van der Waals surface area contributed by atoms with Crippen LogP contribution in [-0.4, -0.2) is 23.8 Å². The van der Waals surface area contributed by atoms with E-state index in [4.69, 9.17) is 0 Å². The SMILES string of the molecule is CCC[C@H](C)CNCC(C)(C)O. The first-order chi connectivity index (χ1) is 5.45. The van der Waals surface area contributed by atoms with Crippen molar-refractivity contribution in [3.05, 3.63) is 0 Å².